The standard InChI is InChI=1S/C20H20N2.ClH/c1-15-14-21-18(13-20(15)22(2)3)12-11-17-9-6-8-16-7-4-5-10-19(16)17;/h4-14H,1-3H3;1H/b12-11-;. The average Bonchev–Trinajstić information content (AvgIpc) is 2.53. The monoisotopic (exact) mass is 324 g/mol. The van der Waals surface area contributed by atoms with Gasteiger partial charge in [-0.1, -0.05) is 48.5 Å². The van der Waals surface area contributed by atoms with Gasteiger partial charge >= 0.3 is 0 Å². The molecule has 0 N–H and O–H groups in total. The maximum Gasteiger partial charge on any atom is 0.0650 e. The van der Waals surface area contributed by atoms with E-state index in [-0.39, 0.29) is 12.4 Å². The van der Waals surface area contributed by atoms with Gasteiger partial charge in [0.15, 0.2) is 0 Å². The molecule has 2 nitrogen and oxygen atoms in total. The molecule has 2 aromatic carbocycles. The SMILES string of the molecule is Cc1cnc(/C=C\c2cccc3ccccc23)cc1N(C)C.Cl. The summed E-state index contributed by atoms with van der Waals surface area (Å²) >= 11 is 0. The molecule has 0 saturated heterocycles. The van der Waals surface area contributed by atoms with E-state index in [0.29, 0.717) is 0 Å². The van der Waals surface area contributed by atoms with Crippen molar-refractivity contribution < 1.29 is 0 Å². The summed E-state index contributed by atoms with van der Waals surface area (Å²) in [6.07, 6.45) is 6.14. The number of benzene rings is 2. The fraction of sp³-hybridized carbons (Fsp3) is 0.150. The van der Waals surface area contributed by atoms with Gasteiger partial charge in [0.05, 0.1) is 5.69 Å². The quantitative estimate of drug-likeness (QED) is 0.658. The van der Waals surface area contributed by atoms with Crippen LogP contribution < -0.4 is 4.90 Å². The van der Waals surface area contributed by atoms with E-state index in [9.17, 15) is 0 Å². The Bertz CT molecular complexity index is 833. The minimum absolute atomic E-state index is 0. The molecule has 0 amide bonds. The summed E-state index contributed by atoms with van der Waals surface area (Å²) in [7, 11) is 4.11. The molecule has 0 fully saturated rings. The average molecular weight is 325 g/mol. The van der Waals surface area contributed by atoms with Crippen LogP contribution in [0.25, 0.3) is 22.9 Å². The van der Waals surface area contributed by atoms with Crippen LogP contribution in [0.15, 0.2) is 54.7 Å². The van der Waals surface area contributed by atoms with Gasteiger partial charge in [-0.05, 0) is 41.0 Å². The summed E-state index contributed by atoms with van der Waals surface area (Å²) in [4.78, 5) is 6.62. The van der Waals surface area contributed by atoms with Crippen molar-refractivity contribution in [3.05, 3.63) is 71.5 Å². The summed E-state index contributed by atoms with van der Waals surface area (Å²) in [5, 5.41) is 2.52. The van der Waals surface area contributed by atoms with Crippen LogP contribution in [-0.2, 0) is 0 Å². The lowest BCUT2D eigenvalue weighted by atomic mass is 10.0. The zero-order chi connectivity index (χ0) is 15.5. The van der Waals surface area contributed by atoms with Crippen molar-refractivity contribution in [2.24, 2.45) is 0 Å². The second-order valence-corrected chi connectivity index (χ2v) is 5.69. The van der Waals surface area contributed by atoms with Crippen LogP contribution in [0.1, 0.15) is 16.8 Å². The fourth-order valence-electron chi connectivity index (χ4n) is 2.67. The first-order chi connectivity index (χ1) is 10.6. The molecule has 1 aromatic heterocycles. The van der Waals surface area contributed by atoms with E-state index in [1.165, 1.54) is 27.6 Å². The van der Waals surface area contributed by atoms with Crippen molar-refractivity contribution in [1.82, 2.24) is 4.98 Å². The molecular formula is C20H21ClN2. The summed E-state index contributed by atoms with van der Waals surface area (Å²) in [6, 6.07) is 16.9. The topological polar surface area (TPSA) is 16.1 Å². The van der Waals surface area contributed by atoms with E-state index in [2.05, 4.69) is 91.6 Å². The molecule has 0 radical (unpaired) electrons. The van der Waals surface area contributed by atoms with Crippen LogP contribution in [0.3, 0.4) is 0 Å². The van der Waals surface area contributed by atoms with Gasteiger partial charge in [0, 0.05) is 26.0 Å². The van der Waals surface area contributed by atoms with Crippen LogP contribution >= 0.6 is 12.4 Å². The van der Waals surface area contributed by atoms with Crippen molar-refractivity contribution in [3.63, 3.8) is 0 Å². The normalized spacial score (nSPS) is 10.7. The highest BCUT2D eigenvalue weighted by molar-refractivity contribution is 5.92. The Kier molecular flexibility index (Phi) is 5.41. The van der Waals surface area contributed by atoms with Crippen molar-refractivity contribution in [3.8, 4) is 0 Å². The van der Waals surface area contributed by atoms with Gasteiger partial charge in [0.1, 0.15) is 0 Å². The number of anilines is 1. The summed E-state index contributed by atoms with van der Waals surface area (Å²) in [5.41, 5.74) is 4.58. The van der Waals surface area contributed by atoms with Crippen molar-refractivity contribution in [2.75, 3.05) is 19.0 Å². The van der Waals surface area contributed by atoms with E-state index < -0.39 is 0 Å². The lowest BCUT2D eigenvalue weighted by Crippen LogP contribution is -2.10. The molecule has 23 heavy (non-hydrogen) atoms. The minimum Gasteiger partial charge on any atom is -0.377 e. The maximum atomic E-state index is 4.50. The molecule has 0 spiro atoms. The Labute approximate surface area is 143 Å². The van der Waals surface area contributed by atoms with Gasteiger partial charge in [-0.2, -0.15) is 0 Å². The number of hydrogen-bond donors (Lipinski definition) is 0. The number of halogens is 1. The number of nitrogens with zero attached hydrogens (tertiary/aromatic N) is 2. The predicted octanol–water partition coefficient (Wildman–Crippen LogP) is 5.20. The smallest absolute Gasteiger partial charge is 0.0650 e. The van der Waals surface area contributed by atoms with Gasteiger partial charge < -0.3 is 4.90 Å². The molecule has 0 saturated carbocycles. The van der Waals surface area contributed by atoms with Crippen LogP contribution in [0.4, 0.5) is 5.69 Å². The molecule has 0 unspecified atom stereocenters. The first kappa shape index (κ1) is 17.0. The van der Waals surface area contributed by atoms with Crippen LogP contribution in [0.2, 0.25) is 0 Å². The van der Waals surface area contributed by atoms with Crippen molar-refractivity contribution >= 4 is 41.0 Å². The molecule has 1 heterocycles. The van der Waals surface area contributed by atoms with E-state index in [0.717, 1.165) is 5.69 Å². The largest absolute Gasteiger partial charge is 0.377 e. The Hall–Kier alpha value is -2.32. The van der Waals surface area contributed by atoms with Gasteiger partial charge in [0.2, 0.25) is 0 Å². The number of rotatable bonds is 3. The summed E-state index contributed by atoms with van der Waals surface area (Å²) < 4.78 is 0. The molecule has 0 aliphatic carbocycles. The Balaban J connectivity index is 0.00000192. The third-order valence-corrected chi connectivity index (χ3v) is 3.83. The first-order valence-corrected chi connectivity index (χ1v) is 7.45. The molecule has 0 atom stereocenters. The molecule has 3 aromatic rings. The van der Waals surface area contributed by atoms with E-state index >= 15 is 0 Å². The number of hydrogen-bond acceptors (Lipinski definition) is 2. The van der Waals surface area contributed by atoms with Gasteiger partial charge in [0.25, 0.3) is 0 Å². The second-order valence-electron chi connectivity index (χ2n) is 5.69. The lowest BCUT2D eigenvalue weighted by Gasteiger charge is -2.15. The van der Waals surface area contributed by atoms with Crippen LogP contribution in [0, 0.1) is 6.92 Å². The third-order valence-electron chi connectivity index (χ3n) is 3.83. The fourth-order valence-corrected chi connectivity index (χ4v) is 2.67. The van der Waals surface area contributed by atoms with Gasteiger partial charge in [-0.15, -0.1) is 12.4 Å². The van der Waals surface area contributed by atoms with Crippen LogP contribution in [-0.4, -0.2) is 19.1 Å². The summed E-state index contributed by atoms with van der Waals surface area (Å²) in [5.74, 6) is 0. The Morgan fingerprint density at radius 2 is 1.70 bits per heavy atom. The highest BCUT2D eigenvalue weighted by Gasteiger charge is 2.02. The second kappa shape index (κ2) is 7.30. The minimum atomic E-state index is 0. The van der Waals surface area contributed by atoms with Gasteiger partial charge in [-0.25, -0.2) is 0 Å². The summed E-state index contributed by atoms with van der Waals surface area (Å²) in [6.45, 7) is 2.08. The number of fused-ring (bicyclic) bond motifs is 1. The van der Waals surface area contributed by atoms with E-state index in [4.69, 9.17) is 0 Å². The molecule has 3 heteroatoms. The van der Waals surface area contributed by atoms with Crippen molar-refractivity contribution in [2.45, 2.75) is 6.92 Å². The Morgan fingerprint density at radius 3 is 2.48 bits per heavy atom. The molecule has 0 aliphatic rings. The molecular weight excluding hydrogens is 304 g/mol. The molecule has 0 aliphatic heterocycles. The van der Waals surface area contributed by atoms with Crippen LogP contribution in [0.5, 0.6) is 0 Å². The molecule has 3 rings (SSSR count). The Morgan fingerprint density at radius 1 is 0.957 bits per heavy atom. The zero-order valence-corrected chi connectivity index (χ0v) is 14.5. The zero-order valence-electron chi connectivity index (χ0n) is 13.7. The number of pyridine rings is 1. The number of aryl methyl sites for hydroxylation is 1. The molecule has 118 valence electrons. The predicted molar refractivity (Wildman–Crippen MR) is 103 cm³/mol. The number of aromatic nitrogens is 1. The first-order valence-electron chi connectivity index (χ1n) is 7.45. The van der Waals surface area contributed by atoms with Crippen molar-refractivity contribution in [1.29, 1.82) is 0 Å². The van der Waals surface area contributed by atoms with E-state index in [1.807, 2.05) is 6.20 Å². The van der Waals surface area contributed by atoms with Gasteiger partial charge in [-0.3, -0.25) is 4.98 Å². The highest BCUT2D eigenvalue weighted by atomic mass is 35.5. The third kappa shape index (κ3) is 3.72. The molecule has 0 bridgehead atoms. The van der Waals surface area contributed by atoms with E-state index in [1.54, 1.807) is 0 Å². The maximum absolute atomic E-state index is 4.50. The highest BCUT2D eigenvalue weighted by Crippen LogP contribution is 2.22. The lowest BCUT2D eigenvalue weighted by molar-refractivity contribution is 1.09.